The van der Waals surface area contributed by atoms with Crippen LogP contribution >= 0.6 is 0 Å². The van der Waals surface area contributed by atoms with E-state index in [4.69, 9.17) is 9.47 Å². The highest BCUT2D eigenvalue weighted by Gasteiger charge is 2.21. The van der Waals surface area contributed by atoms with Crippen LogP contribution in [0.4, 0.5) is 5.95 Å². The molecule has 3 aromatic rings. The zero-order valence-corrected chi connectivity index (χ0v) is 19.0. The lowest BCUT2D eigenvalue weighted by Gasteiger charge is -2.16. The van der Waals surface area contributed by atoms with Crippen LogP contribution in [0.25, 0.3) is 11.2 Å². The van der Waals surface area contributed by atoms with E-state index in [0.717, 1.165) is 23.8 Å². The Morgan fingerprint density at radius 1 is 1.09 bits per heavy atom. The summed E-state index contributed by atoms with van der Waals surface area (Å²) in [5.41, 5.74) is -0.371. The summed E-state index contributed by atoms with van der Waals surface area (Å²) in [7, 11) is 4.59. The summed E-state index contributed by atoms with van der Waals surface area (Å²) in [6, 6.07) is 7.05. The highest BCUT2D eigenvalue weighted by molar-refractivity contribution is 5.74. The van der Waals surface area contributed by atoms with E-state index in [9.17, 15) is 14.7 Å². The molecule has 0 spiro atoms. The number of aryl methyl sites for hydroxylation is 1. The molecule has 2 heterocycles. The molecule has 0 saturated heterocycles. The van der Waals surface area contributed by atoms with E-state index in [0.29, 0.717) is 24.0 Å². The number of hydrogen-bond acceptors (Lipinski definition) is 7. The molecular weight excluding hydrogens is 414 g/mol. The Morgan fingerprint density at radius 3 is 2.44 bits per heavy atom. The van der Waals surface area contributed by atoms with Crippen molar-refractivity contribution in [1.82, 2.24) is 18.7 Å². The molecule has 174 valence electrons. The second kappa shape index (κ2) is 10.4. The van der Waals surface area contributed by atoms with Crippen molar-refractivity contribution in [3.05, 3.63) is 45.1 Å². The van der Waals surface area contributed by atoms with E-state index in [1.54, 1.807) is 43.0 Å². The highest BCUT2D eigenvalue weighted by Crippen LogP contribution is 2.19. The summed E-state index contributed by atoms with van der Waals surface area (Å²) in [5, 5.41) is 13.9. The normalized spacial score (nSPS) is 12.2. The van der Waals surface area contributed by atoms with Gasteiger partial charge in [0.05, 0.1) is 13.7 Å². The second-order valence-electron chi connectivity index (χ2n) is 7.70. The zero-order chi connectivity index (χ0) is 23.3. The summed E-state index contributed by atoms with van der Waals surface area (Å²) in [5.74, 6) is 1.75. The largest absolute Gasteiger partial charge is 0.497 e. The lowest BCUT2D eigenvalue weighted by Crippen LogP contribution is -2.38. The van der Waals surface area contributed by atoms with Gasteiger partial charge in [0.15, 0.2) is 11.2 Å². The van der Waals surface area contributed by atoms with E-state index >= 15 is 0 Å². The molecular formula is C22H31N5O5. The Hall–Kier alpha value is -3.27. The quantitative estimate of drug-likeness (QED) is 0.430. The molecule has 10 nitrogen and oxygen atoms in total. The zero-order valence-electron chi connectivity index (χ0n) is 19.0. The standard InChI is InChI=1S/C22H31N5O5/c1-5-6-7-12-23-21-24-19-18(20(29)26(3)22(30)25(19)2)27(21)13-15(28)14-32-17-10-8-16(31-4)9-11-17/h8-11,15,28H,5-7,12-14H2,1-4H3,(H,23,24). The van der Waals surface area contributed by atoms with E-state index < -0.39 is 17.4 Å². The van der Waals surface area contributed by atoms with Crippen molar-refractivity contribution in [2.45, 2.75) is 38.8 Å². The van der Waals surface area contributed by atoms with Gasteiger partial charge in [-0.25, -0.2) is 4.79 Å². The molecule has 0 bridgehead atoms. The first-order valence-electron chi connectivity index (χ1n) is 10.7. The SMILES string of the molecule is CCCCCNc1nc2c(c(=O)n(C)c(=O)n2C)n1CC(O)COc1ccc(OC)cc1. The van der Waals surface area contributed by atoms with E-state index in [1.807, 2.05) is 0 Å². The third-order valence-corrected chi connectivity index (χ3v) is 5.31. The number of unbranched alkanes of at least 4 members (excludes halogenated alkanes) is 2. The van der Waals surface area contributed by atoms with Gasteiger partial charge >= 0.3 is 5.69 Å². The van der Waals surface area contributed by atoms with Gasteiger partial charge in [0.1, 0.15) is 24.2 Å². The first-order valence-corrected chi connectivity index (χ1v) is 10.7. The molecule has 3 rings (SSSR count). The summed E-state index contributed by atoms with van der Waals surface area (Å²) in [6.45, 7) is 2.89. The minimum atomic E-state index is -0.910. The predicted molar refractivity (Wildman–Crippen MR) is 123 cm³/mol. The average molecular weight is 446 g/mol. The molecule has 0 amide bonds. The van der Waals surface area contributed by atoms with Crippen LogP contribution in [0.1, 0.15) is 26.2 Å². The van der Waals surface area contributed by atoms with Crippen molar-refractivity contribution in [3.63, 3.8) is 0 Å². The first kappa shape index (κ1) is 23.4. The minimum absolute atomic E-state index is 0.0212. The predicted octanol–water partition coefficient (Wildman–Crippen LogP) is 1.48. The number of benzene rings is 1. The Bertz CT molecular complexity index is 1160. The van der Waals surface area contributed by atoms with Gasteiger partial charge in [-0.2, -0.15) is 4.98 Å². The molecule has 0 aliphatic carbocycles. The molecule has 2 N–H and O–H groups in total. The third-order valence-electron chi connectivity index (χ3n) is 5.31. The smallest absolute Gasteiger partial charge is 0.332 e. The molecule has 1 unspecified atom stereocenters. The van der Waals surface area contributed by atoms with Gasteiger partial charge in [-0.05, 0) is 30.7 Å². The molecule has 0 saturated carbocycles. The van der Waals surface area contributed by atoms with Crippen molar-refractivity contribution in [2.24, 2.45) is 14.1 Å². The summed E-state index contributed by atoms with van der Waals surface area (Å²) in [4.78, 5) is 29.7. The van der Waals surface area contributed by atoms with Gasteiger partial charge in [-0.3, -0.25) is 13.9 Å². The minimum Gasteiger partial charge on any atom is -0.497 e. The lowest BCUT2D eigenvalue weighted by atomic mass is 10.2. The number of aliphatic hydroxyl groups is 1. The highest BCUT2D eigenvalue weighted by atomic mass is 16.5. The fourth-order valence-corrected chi connectivity index (χ4v) is 3.46. The Balaban J connectivity index is 1.86. The van der Waals surface area contributed by atoms with Crippen LogP contribution in [-0.2, 0) is 20.6 Å². The maximum absolute atomic E-state index is 12.9. The van der Waals surface area contributed by atoms with Crippen molar-refractivity contribution in [1.29, 1.82) is 0 Å². The van der Waals surface area contributed by atoms with E-state index in [1.165, 1.54) is 11.6 Å². The lowest BCUT2D eigenvalue weighted by molar-refractivity contribution is 0.0938. The number of aliphatic hydroxyl groups excluding tert-OH is 1. The number of aromatic nitrogens is 4. The average Bonchev–Trinajstić information content (AvgIpc) is 3.16. The molecule has 0 aliphatic heterocycles. The maximum atomic E-state index is 12.9. The molecule has 0 fully saturated rings. The van der Waals surface area contributed by atoms with Gasteiger partial charge in [-0.15, -0.1) is 0 Å². The van der Waals surface area contributed by atoms with Crippen molar-refractivity contribution in [3.8, 4) is 11.5 Å². The molecule has 1 atom stereocenters. The number of anilines is 1. The van der Waals surface area contributed by atoms with E-state index in [-0.39, 0.29) is 24.3 Å². The van der Waals surface area contributed by atoms with Gasteiger partial charge in [0.2, 0.25) is 5.95 Å². The molecule has 1 aromatic carbocycles. The van der Waals surface area contributed by atoms with Crippen LogP contribution in [-0.4, -0.2) is 50.2 Å². The topological polar surface area (TPSA) is 113 Å². The number of fused-ring (bicyclic) bond motifs is 1. The van der Waals surface area contributed by atoms with E-state index in [2.05, 4.69) is 17.2 Å². The van der Waals surface area contributed by atoms with Crippen LogP contribution in [0.3, 0.4) is 0 Å². The Labute approximate surface area is 186 Å². The fourth-order valence-electron chi connectivity index (χ4n) is 3.46. The van der Waals surface area contributed by atoms with Crippen molar-refractivity contribution >= 4 is 17.1 Å². The number of rotatable bonds is 11. The van der Waals surface area contributed by atoms with Gasteiger partial charge in [0.25, 0.3) is 5.56 Å². The van der Waals surface area contributed by atoms with Crippen molar-refractivity contribution < 1.29 is 14.6 Å². The van der Waals surface area contributed by atoms with Crippen LogP contribution in [0.5, 0.6) is 11.5 Å². The number of nitrogens with one attached hydrogen (secondary N) is 1. The first-order chi connectivity index (χ1) is 15.4. The number of hydrogen-bond donors (Lipinski definition) is 2. The van der Waals surface area contributed by atoms with Crippen molar-refractivity contribution in [2.75, 3.05) is 25.6 Å². The van der Waals surface area contributed by atoms with Gasteiger partial charge in [-0.1, -0.05) is 19.8 Å². The molecule has 0 aliphatic rings. The molecule has 0 radical (unpaired) electrons. The Kier molecular flexibility index (Phi) is 7.57. The third kappa shape index (κ3) is 4.96. The molecule has 32 heavy (non-hydrogen) atoms. The summed E-state index contributed by atoms with van der Waals surface area (Å²) >= 11 is 0. The second-order valence-corrected chi connectivity index (χ2v) is 7.70. The maximum Gasteiger partial charge on any atom is 0.332 e. The van der Waals surface area contributed by atoms with Crippen LogP contribution < -0.4 is 26.0 Å². The number of imidazole rings is 1. The molecule has 10 heteroatoms. The number of nitrogens with zero attached hydrogens (tertiary/aromatic N) is 4. The monoisotopic (exact) mass is 445 g/mol. The number of ether oxygens (including phenoxy) is 2. The summed E-state index contributed by atoms with van der Waals surface area (Å²) in [6.07, 6.45) is 2.17. The van der Waals surface area contributed by atoms with Crippen LogP contribution in [0, 0.1) is 0 Å². The van der Waals surface area contributed by atoms with Crippen LogP contribution in [0.15, 0.2) is 33.9 Å². The number of methoxy groups -OCH3 is 1. The summed E-state index contributed by atoms with van der Waals surface area (Å²) < 4.78 is 14.8. The van der Waals surface area contributed by atoms with Gasteiger partial charge < -0.3 is 24.5 Å². The van der Waals surface area contributed by atoms with Gasteiger partial charge in [0, 0.05) is 20.6 Å². The van der Waals surface area contributed by atoms with Crippen LogP contribution in [0.2, 0.25) is 0 Å². The molecule has 2 aromatic heterocycles. The Morgan fingerprint density at radius 2 is 1.78 bits per heavy atom. The fraction of sp³-hybridized carbons (Fsp3) is 0.500.